The summed E-state index contributed by atoms with van der Waals surface area (Å²) in [6.07, 6.45) is 0. The molecule has 0 saturated heterocycles. The van der Waals surface area contributed by atoms with E-state index in [0.717, 1.165) is 0 Å². The normalized spacial score (nSPS) is 11.3. The van der Waals surface area contributed by atoms with E-state index in [4.69, 9.17) is 0 Å². The monoisotopic (exact) mass is 409 g/mol. The lowest BCUT2D eigenvalue weighted by atomic mass is 9.99. The minimum Gasteiger partial charge on any atom is -0.344 e. The molecule has 6 rings (SSSR count). The zero-order valence-corrected chi connectivity index (χ0v) is 18.0. The predicted octanol–water partition coefficient (Wildman–Crippen LogP) is 8.58. The van der Waals surface area contributed by atoms with Crippen LogP contribution in [-0.2, 0) is 0 Å². The van der Waals surface area contributed by atoms with Gasteiger partial charge in [0.15, 0.2) is 0 Å². The van der Waals surface area contributed by atoms with Gasteiger partial charge in [-0.05, 0) is 62.3 Å². The molecule has 0 atom stereocenters. The van der Waals surface area contributed by atoms with E-state index in [1.807, 2.05) is 0 Å². The first kappa shape index (κ1) is 18.7. The molecular weight excluding hydrogens is 386 g/mol. The summed E-state index contributed by atoms with van der Waals surface area (Å²) < 4.78 is 0. The first-order valence-corrected chi connectivity index (χ1v) is 11.0. The van der Waals surface area contributed by atoms with Gasteiger partial charge in [-0.15, -0.1) is 0 Å². The summed E-state index contributed by atoms with van der Waals surface area (Å²) in [5, 5.41) is 7.67. The molecule has 0 heterocycles. The summed E-state index contributed by atoms with van der Waals surface area (Å²) in [7, 11) is 2.15. The van der Waals surface area contributed by atoms with Crippen LogP contribution in [0.25, 0.3) is 43.4 Å². The summed E-state index contributed by atoms with van der Waals surface area (Å²) in [4.78, 5) is 2.29. The molecule has 0 fully saturated rings. The van der Waals surface area contributed by atoms with Crippen molar-refractivity contribution in [2.45, 2.75) is 0 Å². The molecule has 0 aliphatic heterocycles. The molecule has 152 valence electrons. The molecule has 0 N–H and O–H groups in total. The van der Waals surface area contributed by atoms with Gasteiger partial charge in [0.1, 0.15) is 0 Å². The molecule has 1 heteroatoms. The number of hydrogen-bond donors (Lipinski definition) is 0. The smallest absolute Gasteiger partial charge is 0.0494 e. The van der Waals surface area contributed by atoms with Crippen molar-refractivity contribution in [1.29, 1.82) is 0 Å². The number of rotatable bonds is 3. The van der Waals surface area contributed by atoms with Crippen molar-refractivity contribution in [3.63, 3.8) is 0 Å². The molecular formula is C31H23N. The lowest BCUT2D eigenvalue weighted by Crippen LogP contribution is -2.10. The zero-order chi connectivity index (χ0) is 21.5. The van der Waals surface area contributed by atoms with Crippen LogP contribution in [0.3, 0.4) is 0 Å². The molecule has 6 aromatic carbocycles. The van der Waals surface area contributed by atoms with Crippen LogP contribution in [0.15, 0.2) is 121 Å². The van der Waals surface area contributed by atoms with Crippen LogP contribution in [0.2, 0.25) is 0 Å². The van der Waals surface area contributed by atoms with Crippen molar-refractivity contribution in [2.75, 3.05) is 11.9 Å². The van der Waals surface area contributed by atoms with Crippen molar-refractivity contribution < 1.29 is 0 Å². The molecule has 6 aromatic rings. The van der Waals surface area contributed by atoms with Crippen LogP contribution in [0.1, 0.15) is 0 Å². The fraction of sp³-hybridized carbons (Fsp3) is 0.0323. The number of benzene rings is 6. The van der Waals surface area contributed by atoms with E-state index in [1.165, 1.54) is 54.8 Å². The van der Waals surface area contributed by atoms with Crippen molar-refractivity contribution in [2.24, 2.45) is 0 Å². The Morgan fingerprint density at radius 2 is 1.03 bits per heavy atom. The van der Waals surface area contributed by atoms with Gasteiger partial charge in [0.25, 0.3) is 0 Å². The van der Waals surface area contributed by atoms with Gasteiger partial charge in [-0.2, -0.15) is 0 Å². The standard InChI is InChI=1S/C31H23N/c1-32(31-21-26-10-4-5-11-28(26)29-12-6-7-13-30(29)31)27-18-16-23(17-19-27)25-15-14-22-8-2-3-9-24(22)20-25/h2-21H,1H3. The minimum atomic E-state index is 1.18. The second kappa shape index (κ2) is 7.55. The van der Waals surface area contributed by atoms with Gasteiger partial charge in [0, 0.05) is 23.8 Å². The van der Waals surface area contributed by atoms with E-state index in [1.54, 1.807) is 0 Å². The van der Waals surface area contributed by atoms with Crippen molar-refractivity contribution in [3.8, 4) is 11.1 Å². The van der Waals surface area contributed by atoms with E-state index in [2.05, 4.69) is 133 Å². The molecule has 0 aromatic heterocycles. The van der Waals surface area contributed by atoms with Gasteiger partial charge in [0.2, 0.25) is 0 Å². The number of fused-ring (bicyclic) bond motifs is 4. The summed E-state index contributed by atoms with van der Waals surface area (Å²) >= 11 is 0. The lowest BCUT2D eigenvalue weighted by molar-refractivity contribution is 1.22. The average molecular weight is 410 g/mol. The highest BCUT2D eigenvalue weighted by Crippen LogP contribution is 2.37. The van der Waals surface area contributed by atoms with Gasteiger partial charge in [-0.3, -0.25) is 0 Å². The zero-order valence-electron chi connectivity index (χ0n) is 18.0. The molecule has 0 radical (unpaired) electrons. The Hall–Kier alpha value is -4.10. The fourth-order valence-electron chi connectivity index (χ4n) is 4.70. The third-order valence-corrected chi connectivity index (χ3v) is 6.44. The number of anilines is 2. The van der Waals surface area contributed by atoms with E-state index in [9.17, 15) is 0 Å². The predicted molar refractivity (Wildman–Crippen MR) is 139 cm³/mol. The van der Waals surface area contributed by atoms with Crippen LogP contribution in [-0.4, -0.2) is 7.05 Å². The SMILES string of the molecule is CN(c1ccc(-c2ccc3ccccc3c2)cc1)c1cc2ccccc2c2ccccc12. The number of nitrogens with zero attached hydrogens (tertiary/aromatic N) is 1. The van der Waals surface area contributed by atoms with E-state index >= 15 is 0 Å². The molecule has 32 heavy (non-hydrogen) atoms. The third kappa shape index (κ3) is 3.11. The van der Waals surface area contributed by atoms with Gasteiger partial charge in [-0.25, -0.2) is 0 Å². The maximum atomic E-state index is 2.30. The molecule has 0 bridgehead atoms. The molecule has 0 unspecified atom stereocenters. The average Bonchev–Trinajstić information content (AvgIpc) is 2.87. The molecule has 0 amide bonds. The highest BCUT2D eigenvalue weighted by molar-refractivity contribution is 6.13. The molecule has 0 aliphatic carbocycles. The topological polar surface area (TPSA) is 3.24 Å². The maximum absolute atomic E-state index is 2.30. The molecule has 0 spiro atoms. The van der Waals surface area contributed by atoms with E-state index in [-0.39, 0.29) is 0 Å². The first-order valence-electron chi connectivity index (χ1n) is 11.0. The van der Waals surface area contributed by atoms with Crippen molar-refractivity contribution >= 4 is 43.7 Å². The molecule has 0 aliphatic rings. The largest absolute Gasteiger partial charge is 0.344 e. The van der Waals surface area contributed by atoms with Gasteiger partial charge in [-0.1, -0.05) is 97.1 Å². The molecule has 1 nitrogen and oxygen atoms in total. The summed E-state index contributed by atoms with van der Waals surface area (Å²) in [5.41, 5.74) is 4.87. The Morgan fingerprint density at radius 1 is 0.438 bits per heavy atom. The number of hydrogen-bond acceptors (Lipinski definition) is 1. The van der Waals surface area contributed by atoms with Crippen LogP contribution in [0.5, 0.6) is 0 Å². The lowest BCUT2D eigenvalue weighted by Gasteiger charge is -2.23. The Morgan fingerprint density at radius 3 is 1.81 bits per heavy atom. The highest BCUT2D eigenvalue weighted by atomic mass is 15.1. The van der Waals surface area contributed by atoms with Crippen LogP contribution < -0.4 is 4.90 Å². The minimum absolute atomic E-state index is 1.18. The van der Waals surface area contributed by atoms with Crippen LogP contribution in [0, 0.1) is 0 Å². The third-order valence-electron chi connectivity index (χ3n) is 6.44. The summed E-state index contributed by atoms with van der Waals surface area (Å²) in [6.45, 7) is 0. The van der Waals surface area contributed by atoms with Crippen LogP contribution >= 0.6 is 0 Å². The van der Waals surface area contributed by atoms with Gasteiger partial charge in [0.05, 0.1) is 0 Å². The van der Waals surface area contributed by atoms with Gasteiger partial charge >= 0.3 is 0 Å². The van der Waals surface area contributed by atoms with Crippen molar-refractivity contribution in [1.82, 2.24) is 0 Å². The van der Waals surface area contributed by atoms with Crippen LogP contribution in [0.4, 0.5) is 11.4 Å². The quantitative estimate of drug-likeness (QED) is 0.265. The second-order valence-corrected chi connectivity index (χ2v) is 8.33. The summed E-state index contributed by atoms with van der Waals surface area (Å²) in [5.74, 6) is 0. The Bertz CT molecular complexity index is 1580. The van der Waals surface area contributed by atoms with Gasteiger partial charge < -0.3 is 4.90 Å². The first-order chi connectivity index (χ1) is 15.8. The Kier molecular flexibility index (Phi) is 4.40. The summed E-state index contributed by atoms with van der Waals surface area (Å²) in [6, 6.07) is 43.7. The maximum Gasteiger partial charge on any atom is 0.0494 e. The van der Waals surface area contributed by atoms with Crippen molar-refractivity contribution in [3.05, 3.63) is 121 Å². The van der Waals surface area contributed by atoms with E-state index < -0.39 is 0 Å². The fourth-order valence-corrected chi connectivity index (χ4v) is 4.70. The van der Waals surface area contributed by atoms with E-state index in [0.29, 0.717) is 0 Å². The Labute approximate surface area is 188 Å². The highest BCUT2D eigenvalue weighted by Gasteiger charge is 2.11. The molecule has 0 saturated carbocycles. The Balaban J connectivity index is 1.41. The second-order valence-electron chi connectivity index (χ2n) is 8.33.